The molecule has 1 N–H and O–H groups in total. The Morgan fingerprint density at radius 1 is 1.38 bits per heavy atom. The van der Waals surface area contributed by atoms with Crippen molar-refractivity contribution >= 4 is 23.6 Å². The molecule has 0 unspecified atom stereocenters. The number of hydrogen-bond donors (Lipinski definition) is 1. The number of carbonyl (C=O) groups is 2. The number of aldehydes is 1. The minimum absolute atomic E-state index is 0.0847. The van der Waals surface area contributed by atoms with E-state index in [1.54, 1.807) is 6.07 Å². The van der Waals surface area contributed by atoms with Crippen molar-refractivity contribution in [2.75, 3.05) is 0 Å². The van der Waals surface area contributed by atoms with Crippen LogP contribution in [0.4, 0.5) is 0 Å². The van der Waals surface area contributed by atoms with Crippen molar-refractivity contribution in [2.24, 2.45) is 5.92 Å². The van der Waals surface area contributed by atoms with Crippen molar-refractivity contribution in [1.29, 1.82) is 0 Å². The van der Waals surface area contributed by atoms with Crippen molar-refractivity contribution in [3.05, 3.63) is 34.8 Å². The van der Waals surface area contributed by atoms with Gasteiger partial charge >= 0.3 is 5.97 Å². The molecule has 0 radical (unpaired) electrons. The van der Waals surface area contributed by atoms with Crippen LogP contribution < -0.4 is 4.74 Å². The summed E-state index contributed by atoms with van der Waals surface area (Å²) < 4.78 is 6.00. The SMILES string of the molecule is Cc1nc(-c2sccc2C=O)ccc1O[C@H]1CCC[C@H](C(=O)O)C1. The van der Waals surface area contributed by atoms with Gasteiger partial charge in [-0.05, 0) is 56.2 Å². The Bertz CT molecular complexity index is 755. The Balaban J connectivity index is 1.76. The molecule has 2 heterocycles. The Morgan fingerprint density at radius 3 is 2.92 bits per heavy atom. The molecule has 0 spiro atoms. The standard InChI is InChI=1S/C18H19NO4S/c1-11-16(23-14-4-2-3-12(9-14)18(21)22)6-5-15(19-11)17-13(10-20)7-8-24-17/h5-8,10,12,14H,2-4,9H2,1H3,(H,21,22)/t12-,14-/m0/s1. The maximum absolute atomic E-state index is 11.2. The summed E-state index contributed by atoms with van der Waals surface area (Å²) in [4.78, 5) is 27.6. The molecule has 1 aliphatic rings. The molecule has 3 rings (SSSR count). The zero-order valence-electron chi connectivity index (χ0n) is 13.4. The van der Waals surface area contributed by atoms with Gasteiger partial charge < -0.3 is 9.84 Å². The van der Waals surface area contributed by atoms with Crippen LogP contribution in [0.5, 0.6) is 5.75 Å². The highest BCUT2D eigenvalue weighted by molar-refractivity contribution is 7.13. The molecule has 2 atom stereocenters. The number of ether oxygens (including phenoxy) is 1. The molecule has 0 aliphatic heterocycles. The van der Waals surface area contributed by atoms with Crippen LogP contribution in [-0.4, -0.2) is 28.4 Å². The number of carbonyl (C=O) groups excluding carboxylic acids is 1. The molecule has 2 aromatic rings. The minimum atomic E-state index is -0.743. The number of aliphatic carboxylic acids is 1. The van der Waals surface area contributed by atoms with E-state index in [9.17, 15) is 14.7 Å². The van der Waals surface area contributed by atoms with Crippen LogP contribution in [0.15, 0.2) is 23.6 Å². The van der Waals surface area contributed by atoms with Crippen molar-refractivity contribution in [3.8, 4) is 16.3 Å². The third kappa shape index (κ3) is 3.48. The maximum Gasteiger partial charge on any atom is 0.306 e. The van der Waals surface area contributed by atoms with Gasteiger partial charge in [-0.3, -0.25) is 9.59 Å². The summed E-state index contributed by atoms with van der Waals surface area (Å²) in [5.74, 6) is -0.385. The molecular weight excluding hydrogens is 326 g/mol. The van der Waals surface area contributed by atoms with Gasteiger partial charge in [0.1, 0.15) is 5.75 Å². The first-order chi connectivity index (χ1) is 11.6. The predicted molar refractivity (Wildman–Crippen MR) is 91.7 cm³/mol. The number of carboxylic acid groups (broad SMARTS) is 1. The molecule has 1 fully saturated rings. The second-order valence-corrected chi connectivity index (χ2v) is 6.96. The largest absolute Gasteiger partial charge is 0.489 e. The average Bonchev–Trinajstić information content (AvgIpc) is 3.05. The van der Waals surface area contributed by atoms with E-state index in [2.05, 4.69) is 4.98 Å². The van der Waals surface area contributed by atoms with E-state index in [-0.39, 0.29) is 12.0 Å². The fraction of sp³-hybridized carbons (Fsp3) is 0.389. The molecule has 0 bridgehead atoms. The number of pyridine rings is 1. The monoisotopic (exact) mass is 345 g/mol. The minimum Gasteiger partial charge on any atom is -0.489 e. The van der Waals surface area contributed by atoms with Gasteiger partial charge in [0.15, 0.2) is 6.29 Å². The molecule has 24 heavy (non-hydrogen) atoms. The number of thiophene rings is 1. The van der Waals surface area contributed by atoms with Crippen molar-refractivity contribution in [3.63, 3.8) is 0 Å². The molecule has 126 valence electrons. The van der Waals surface area contributed by atoms with Crippen LogP contribution in [-0.2, 0) is 4.79 Å². The van der Waals surface area contributed by atoms with E-state index in [1.165, 1.54) is 11.3 Å². The van der Waals surface area contributed by atoms with E-state index in [0.29, 0.717) is 17.7 Å². The Morgan fingerprint density at radius 2 is 2.21 bits per heavy atom. The number of rotatable bonds is 5. The van der Waals surface area contributed by atoms with E-state index in [4.69, 9.17) is 4.74 Å². The third-order valence-corrected chi connectivity index (χ3v) is 5.31. The lowest BCUT2D eigenvalue weighted by Crippen LogP contribution is -2.29. The van der Waals surface area contributed by atoms with Gasteiger partial charge in [-0.1, -0.05) is 0 Å². The lowest BCUT2D eigenvalue weighted by molar-refractivity contribution is -0.143. The topological polar surface area (TPSA) is 76.5 Å². The summed E-state index contributed by atoms with van der Waals surface area (Å²) in [6, 6.07) is 5.48. The number of aromatic nitrogens is 1. The summed E-state index contributed by atoms with van der Waals surface area (Å²) in [6.45, 7) is 1.87. The van der Waals surface area contributed by atoms with Crippen LogP contribution in [0, 0.1) is 12.8 Å². The summed E-state index contributed by atoms with van der Waals surface area (Å²) in [5, 5.41) is 11.0. The fourth-order valence-corrected chi connectivity index (χ4v) is 3.91. The number of aryl methyl sites for hydroxylation is 1. The molecule has 0 aromatic carbocycles. The number of nitrogens with zero attached hydrogens (tertiary/aromatic N) is 1. The normalized spacial score (nSPS) is 20.5. The summed E-state index contributed by atoms with van der Waals surface area (Å²) in [5.41, 5.74) is 2.14. The number of carboxylic acids is 1. The molecule has 1 aliphatic carbocycles. The van der Waals surface area contributed by atoms with Crippen molar-refractivity contribution in [1.82, 2.24) is 4.98 Å². The molecular formula is C18H19NO4S. The maximum atomic E-state index is 11.2. The Labute approximate surface area is 144 Å². The lowest BCUT2D eigenvalue weighted by atomic mass is 9.87. The van der Waals surface area contributed by atoms with E-state index < -0.39 is 5.97 Å². The van der Waals surface area contributed by atoms with Gasteiger partial charge in [0.25, 0.3) is 0 Å². The van der Waals surface area contributed by atoms with E-state index in [1.807, 2.05) is 24.4 Å². The summed E-state index contributed by atoms with van der Waals surface area (Å²) >= 11 is 1.48. The van der Waals surface area contributed by atoms with Crippen LogP contribution in [0.2, 0.25) is 0 Å². The van der Waals surface area contributed by atoms with Gasteiger partial charge in [0.05, 0.1) is 28.3 Å². The van der Waals surface area contributed by atoms with Gasteiger partial charge in [-0.25, -0.2) is 4.98 Å². The van der Waals surface area contributed by atoms with Crippen molar-refractivity contribution in [2.45, 2.75) is 38.7 Å². The smallest absolute Gasteiger partial charge is 0.306 e. The third-order valence-electron chi connectivity index (χ3n) is 4.36. The Kier molecular flexibility index (Phi) is 4.94. The van der Waals surface area contributed by atoms with Crippen LogP contribution in [0.25, 0.3) is 10.6 Å². The Hall–Kier alpha value is -2.21. The second kappa shape index (κ2) is 7.13. The molecule has 0 saturated heterocycles. The van der Waals surface area contributed by atoms with Crippen LogP contribution >= 0.6 is 11.3 Å². The molecule has 2 aromatic heterocycles. The summed E-state index contributed by atoms with van der Waals surface area (Å²) in [6.07, 6.45) is 3.74. The molecule has 0 amide bonds. The second-order valence-electron chi connectivity index (χ2n) is 6.04. The first kappa shape index (κ1) is 16.6. The number of hydrogen-bond acceptors (Lipinski definition) is 5. The predicted octanol–water partition coefficient (Wildman–Crippen LogP) is 3.95. The van der Waals surface area contributed by atoms with Gasteiger partial charge in [0.2, 0.25) is 0 Å². The fourth-order valence-electron chi connectivity index (χ4n) is 3.08. The van der Waals surface area contributed by atoms with Gasteiger partial charge in [-0.2, -0.15) is 0 Å². The average molecular weight is 345 g/mol. The highest BCUT2D eigenvalue weighted by Gasteiger charge is 2.28. The highest BCUT2D eigenvalue weighted by atomic mass is 32.1. The lowest BCUT2D eigenvalue weighted by Gasteiger charge is -2.27. The molecule has 6 heteroatoms. The van der Waals surface area contributed by atoms with E-state index in [0.717, 1.165) is 41.8 Å². The van der Waals surface area contributed by atoms with Gasteiger partial charge in [0, 0.05) is 5.56 Å². The first-order valence-corrected chi connectivity index (χ1v) is 8.86. The van der Waals surface area contributed by atoms with Crippen LogP contribution in [0.3, 0.4) is 0 Å². The van der Waals surface area contributed by atoms with Gasteiger partial charge in [-0.15, -0.1) is 11.3 Å². The quantitative estimate of drug-likeness (QED) is 0.830. The summed E-state index contributed by atoms with van der Waals surface area (Å²) in [7, 11) is 0. The molecule has 1 saturated carbocycles. The van der Waals surface area contributed by atoms with E-state index >= 15 is 0 Å². The zero-order valence-corrected chi connectivity index (χ0v) is 14.2. The zero-order chi connectivity index (χ0) is 17.1. The van der Waals surface area contributed by atoms with Crippen molar-refractivity contribution < 1.29 is 19.4 Å². The van der Waals surface area contributed by atoms with Crippen LogP contribution in [0.1, 0.15) is 41.7 Å². The first-order valence-electron chi connectivity index (χ1n) is 7.98. The molecule has 5 nitrogen and oxygen atoms in total. The highest BCUT2D eigenvalue weighted by Crippen LogP contribution is 2.32.